The normalized spacial score (nSPS) is 11.6. The first-order valence-corrected chi connectivity index (χ1v) is 7.14. The van der Waals surface area contributed by atoms with Gasteiger partial charge in [-0.1, -0.05) is 18.5 Å². The summed E-state index contributed by atoms with van der Waals surface area (Å²) in [7, 11) is 1.84. The van der Waals surface area contributed by atoms with E-state index in [0.717, 1.165) is 23.3 Å². The summed E-state index contributed by atoms with van der Waals surface area (Å²) < 4.78 is 7.09. The van der Waals surface area contributed by atoms with Crippen molar-refractivity contribution in [1.29, 1.82) is 0 Å². The lowest BCUT2D eigenvalue weighted by Gasteiger charge is -2.18. The average molecular weight is 306 g/mol. The van der Waals surface area contributed by atoms with Crippen molar-refractivity contribution < 1.29 is 4.42 Å². The van der Waals surface area contributed by atoms with Gasteiger partial charge in [-0.25, -0.2) is 9.97 Å². The summed E-state index contributed by atoms with van der Waals surface area (Å²) >= 11 is 6.20. The molecule has 0 aromatic carbocycles. The van der Waals surface area contributed by atoms with Gasteiger partial charge < -0.3 is 4.42 Å². The summed E-state index contributed by atoms with van der Waals surface area (Å²) in [4.78, 5) is 11.1. The van der Waals surface area contributed by atoms with Gasteiger partial charge in [0, 0.05) is 7.05 Å². The van der Waals surface area contributed by atoms with Crippen molar-refractivity contribution in [3.05, 3.63) is 41.3 Å². The number of hydrogen-bond acceptors (Lipinski definition) is 5. The topological polar surface area (TPSA) is 60.0 Å². The van der Waals surface area contributed by atoms with Crippen LogP contribution in [0.2, 0.25) is 5.15 Å². The first-order chi connectivity index (χ1) is 10.2. The largest absolute Gasteiger partial charge is 0.468 e. The highest BCUT2D eigenvalue weighted by Gasteiger charge is 2.13. The van der Waals surface area contributed by atoms with Gasteiger partial charge in [-0.2, -0.15) is 5.10 Å². The number of rotatable bonds is 5. The summed E-state index contributed by atoms with van der Waals surface area (Å²) in [5.74, 6) is 1.61. The van der Waals surface area contributed by atoms with Gasteiger partial charge in [-0.3, -0.25) is 9.58 Å². The molecule has 6 nitrogen and oxygen atoms in total. The van der Waals surface area contributed by atoms with Crippen molar-refractivity contribution in [2.45, 2.75) is 20.0 Å². The van der Waals surface area contributed by atoms with E-state index < -0.39 is 0 Å². The Bertz CT molecular complexity index is 737. The lowest BCUT2D eigenvalue weighted by atomic mass is 10.3. The van der Waals surface area contributed by atoms with Crippen LogP contribution in [0.3, 0.4) is 0 Å². The minimum absolute atomic E-state index is 0.442. The van der Waals surface area contributed by atoms with Crippen molar-refractivity contribution in [1.82, 2.24) is 24.6 Å². The fourth-order valence-electron chi connectivity index (χ4n) is 2.20. The molecule has 3 rings (SSSR count). The maximum Gasteiger partial charge on any atom is 0.162 e. The fraction of sp³-hybridized carbons (Fsp3) is 0.357. The van der Waals surface area contributed by atoms with Gasteiger partial charge in [-0.05, 0) is 18.7 Å². The van der Waals surface area contributed by atoms with Crippen LogP contribution >= 0.6 is 11.6 Å². The van der Waals surface area contributed by atoms with Crippen LogP contribution in [0, 0.1) is 0 Å². The molecule has 0 bridgehead atoms. The Hall–Kier alpha value is -1.92. The molecule has 110 valence electrons. The van der Waals surface area contributed by atoms with E-state index in [4.69, 9.17) is 16.0 Å². The zero-order valence-corrected chi connectivity index (χ0v) is 12.7. The molecule has 0 unspecified atom stereocenters. The summed E-state index contributed by atoms with van der Waals surface area (Å²) in [6, 6.07) is 3.85. The summed E-state index contributed by atoms with van der Waals surface area (Å²) in [5.41, 5.74) is 0.749. The number of nitrogens with zero attached hydrogens (tertiary/aromatic N) is 5. The van der Waals surface area contributed by atoms with Gasteiger partial charge in [0.25, 0.3) is 0 Å². The first kappa shape index (κ1) is 14.0. The summed E-state index contributed by atoms with van der Waals surface area (Å²) in [6.45, 7) is 4.28. The van der Waals surface area contributed by atoms with Crippen LogP contribution in [0.15, 0.2) is 29.0 Å². The van der Waals surface area contributed by atoms with Crippen molar-refractivity contribution in [3.8, 4) is 0 Å². The van der Waals surface area contributed by atoms with Crippen molar-refractivity contribution in [3.63, 3.8) is 0 Å². The zero-order valence-electron chi connectivity index (χ0n) is 12.0. The van der Waals surface area contributed by atoms with Gasteiger partial charge in [0.05, 0.1) is 30.9 Å². The predicted molar refractivity (Wildman–Crippen MR) is 79.8 cm³/mol. The average Bonchev–Trinajstić information content (AvgIpc) is 3.09. The van der Waals surface area contributed by atoms with Crippen molar-refractivity contribution in [2.24, 2.45) is 7.05 Å². The number of aromatic nitrogens is 4. The van der Waals surface area contributed by atoms with Crippen LogP contribution in [0.4, 0.5) is 0 Å². The van der Waals surface area contributed by atoms with E-state index in [1.54, 1.807) is 17.1 Å². The monoisotopic (exact) mass is 305 g/mol. The molecule has 0 aliphatic rings. The van der Waals surface area contributed by atoms with Crippen LogP contribution in [-0.2, 0) is 20.1 Å². The summed E-state index contributed by atoms with van der Waals surface area (Å²) in [5, 5.41) is 5.38. The van der Waals surface area contributed by atoms with E-state index in [-0.39, 0.29) is 0 Å². The molecule has 0 saturated carbocycles. The maximum absolute atomic E-state index is 6.20. The highest BCUT2D eigenvalue weighted by atomic mass is 35.5. The van der Waals surface area contributed by atoms with Gasteiger partial charge in [-0.15, -0.1) is 0 Å². The molecular weight excluding hydrogens is 290 g/mol. The molecule has 0 saturated heterocycles. The highest BCUT2D eigenvalue weighted by Crippen LogP contribution is 2.20. The quantitative estimate of drug-likeness (QED) is 0.678. The lowest BCUT2D eigenvalue weighted by Crippen LogP contribution is -2.23. The van der Waals surface area contributed by atoms with Crippen LogP contribution in [0.5, 0.6) is 0 Å². The van der Waals surface area contributed by atoms with Crippen molar-refractivity contribution >= 4 is 22.6 Å². The third-order valence-corrected chi connectivity index (χ3v) is 3.65. The molecule has 3 aromatic rings. The molecule has 0 radical (unpaired) electrons. The zero-order chi connectivity index (χ0) is 14.8. The molecule has 0 aliphatic carbocycles. The fourth-order valence-corrected chi connectivity index (χ4v) is 2.43. The molecule has 0 amide bonds. The summed E-state index contributed by atoms with van der Waals surface area (Å²) in [6.07, 6.45) is 3.36. The third-order valence-electron chi connectivity index (χ3n) is 3.36. The predicted octanol–water partition coefficient (Wildman–Crippen LogP) is 2.63. The molecule has 3 aromatic heterocycles. The second kappa shape index (κ2) is 5.83. The Labute approximate surface area is 127 Å². The van der Waals surface area contributed by atoms with Crippen LogP contribution in [0.25, 0.3) is 11.0 Å². The van der Waals surface area contributed by atoms with Crippen molar-refractivity contribution in [2.75, 3.05) is 6.54 Å². The molecule has 0 spiro atoms. The van der Waals surface area contributed by atoms with Gasteiger partial charge in [0.1, 0.15) is 16.7 Å². The minimum atomic E-state index is 0.442. The van der Waals surface area contributed by atoms with E-state index >= 15 is 0 Å². The molecule has 0 N–H and O–H groups in total. The molecule has 0 fully saturated rings. The van der Waals surface area contributed by atoms with Crippen LogP contribution < -0.4 is 0 Å². The number of aryl methyl sites for hydroxylation is 1. The SMILES string of the molecule is CCN(Cc1nc(Cl)c2cnn(C)c2n1)Cc1ccco1. The third kappa shape index (κ3) is 2.91. The first-order valence-electron chi connectivity index (χ1n) is 6.76. The molecule has 21 heavy (non-hydrogen) atoms. The van der Waals surface area contributed by atoms with Gasteiger partial charge >= 0.3 is 0 Å². The number of furan rings is 1. The maximum atomic E-state index is 6.20. The van der Waals surface area contributed by atoms with Crippen LogP contribution in [0.1, 0.15) is 18.5 Å². The number of hydrogen-bond donors (Lipinski definition) is 0. The Balaban J connectivity index is 1.84. The second-order valence-corrected chi connectivity index (χ2v) is 5.18. The Morgan fingerprint density at radius 1 is 1.33 bits per heavy atom. The van der Waals surface area contributed by atoms with E-state index in [9.17, 15) is 0 Å². The van der Waals surface area contributed by atoms with E-state index in [1.807, 2.05) is 19.2 Å². The second-order valence-electron chi connectivity index (χ2n) is 4.82. The molecule has 3 heterocycles. The highest BCUT2D eigenvalue weighted by molar-refractivity contribution is 6.33. The Kier molecular flexibility index (Phi) is 3.90. The molecule has 7 heteroatoms. The van der Waals surface area contributed by atoms with E-state index in [2.05, 4.69) is 26.9 Å². The standard InChI is InChI=1S/C14H16ClN5O/c1-3-20(8-10-5-4-6-21-10)9-12-17-13(15)11-7-16-19(2)14(11)18-12/h4-7H,3,8-9H2,1-2H3. The molecular formula is C14H16ClN5O. The van der Waals surface area contributed by atoms with Gasteiger partial charge in [0.15, 0.2) is 5.65 Å². The van der Waals surface area contributed by atoms with E-state index in [1.165, 1.54) is 0 Å². The Morgan fingerprint density at radius 3 is 2.90 bits per heavy atom. The smallest absolute Gasteiger partial charge is 0.162 e. The van der Waals surface area contributed by atoms with Gasteiger partial charge in [0.2, 0.25) is 0 Å². The van der Waals surface area contributed by atoms with Crippen LogP contribution in [-0.4, -0.2) is 31.2 Å². The molecule has 0 aliphatic heterocycles. The lowest BCUT2D eigenvalue weighted by molar-refractivity contribution is 0.242. The number of fused-ring (bicyclic) bond motifs is 1. The Morgan fingerprint density at radius 2 is 2.19 bits per heavy atom. The minimum Gasteiger partial charge on any atom is -0.468 e. The number of halogens is 1. The van der Waals surface area contributed by atoms with E-state index in [0.29, 0.717) is 24.1 Å². The molecule has 0 atom stereocenters.